The number of aliphatic imine (C=N–C) groups is 1. The van der Waals surface area contributed by atoms with E-state index >= 15 is 0 Å². The number of hydrogen-bond donors (Lipinski definition) is 0. The standard InChI is InChI=1S/C16H16Cl2N2O/c1-3-20(4-2)12-7-5-11(6-8-12)19-13-9-10-14(21)16(18)15(13)17/h5-10H,3-4H2,1-2H3. The first-order chi connectivity index (χ1) is 10.1. The molecule has 0 saturated carbocycles. The number of nitrogens with zero attached hydrogens (tertiary/aromatic N) is 2. The molecule has 3 nitrogen and oxygen atoms in total. The molecule has 0 aromatic heterocycles. The molecule has 0 radical (unpaired) electrons. The van der Waals surface area contributed by atoms with Crippen molar-refractivity contribution >= 4 is 46.1 Å². The van der Waals surface area contributed by atoms with Crippen LogP contribution in [0.5, 0.6) is 0 Å². The van der Waals surface area contributed by atoms with Crippen LogP contribution in [0.1, 0.15) is 13.8 Å². The Balaban J connectivity index is 2.26. The van der Waals surface area contributed by atoms with Gasteiger partial charge in [0.15, 0.2) is 5.78 Å². The van der Waals surface area contributed by atoms with Crippen molar-refractivity contribution in [3.8, 4) is 0 Å². The van der Waals surface area contributed by atoms with E-state index in [4.69, 9.17) is 23.2 Å². The number of allylic oxidation sites excluding steroid dienone is 4. The van der Waals surface area contributed by atoms with Gasteiger partial charge in [0.1, 0.15) is 5.03 Å². The second-order valence-corrected chi connectivity index (χ2v) is 5.27. The van der Waals surface area contributed by atoms with Crippen molar-refractivity contribution in [1.82, 2.24) is 0 Å². The summed E-state index contributed by atoms with van der Waals surface area (Å²) in [6.45, 7) is 6.15. The van der Waals surface area contributed by atoms with Gasteiger partial charge in [0, 0.05) is 18.8 Å². The molecule has 0 N–H and O–H groups in total. The van der Waals surface area contributed by atoms with Gasteiger partial charge < -0.3 is 4.90 Å². The van der Waals surface area contributed by atoms with Crippen LogP contribution in [-0.2, 0) is 4.79 Å². The number of ketones is 1. The lowest BCUT2D eigenvalue weighted by Gasteiger charge is -2.20. The second-order valence-electron chi connectivity index (χ2n) is 4.51. The fourth-order valence-corrected chi connectivity index (χ4v) is 2.43. The topological polar surface area (TPSA) is 32.7 Å². The molecule has 1 aliphatic rings. The molecular weight excluding hydrogens is 307 g/mol. The molecule has 0 amide bonds. The van der Waals surface area contributed by atoms with E-state index in [2.05, 4.69) is 23.7 Å². The molecule has 110 valence electrons. The smallest absolute Gasteiger partial charge is 0.198 e. The lowest BCUT2D eigenvalue weighted by molar-refractivity contribution is -0.110. The van der Waals surface area contributed by atoms with Crippen LogP contribution in [-0.4, -0.2) is 24.6 Å². The van der Waals surface area contributed by atoms with Crippen molar-refractivity contribution in [3.63, 3.8) is 0 Å². The Labute approximate surface area is 134 Å². The Kier molecular flexibility index (Phi) is 5.21. The Bertz CT molecular complexity index is 626. The van der Waals surface area contributed by atoms with E-state index in [-0.39, 0.29) is 15.8 Å². The van der Waals surface area contributed by atoms with E-state index in [1.165, 1.54) is 6.08 Å². The van der Waals surface area contributed by atoms with Gasteiger partial charge in [-0.15, -0.1) is 0 Å². The highest BCUT2D eigenvalue weighted by Crippen LogP contribution is 2.25. The number of hydrogen-bond acceptors (Lipinski definition) is 3. The number of anilines is 1. The monoisotopic (exact) mass is 322 g/mol. The zero-order valence-electron chi connectivity index (χ0n) is 11.9. The van der Waals surface area contributed by atoms with Crippen LogP contribution in [0.2, 0.25) is 0 Å². The summed E-state index contributed by atoms with van der Waals surface area (Å²) in [6, 6.07) is 7.87. The zero-order valence-corrected chi connectivity index (χ0v) is 13.4. The molecule has 0 spiro atoms. The van der Waals surface area contributed by atoms with Crippen molar-refractivity contribution < 1.29 is 4.79 Å². The summed E-state index contributed by atoms with van der Waals surface area (Å²) in [6.07, 6.45) is 2.95. The van der Waals surface area contributed by atoms with E-state index in [0.29, 0.717) is 5.71 Å². The van der Waals surface area contributed by atoms with Gasteiger partial charge in [-0.3, -0.25) is 4.79 Å². The van der Waals surface area contributed by atoms with Crippen LogP contribution in [0.3, 0.4) is 0 Å². The van der Waals surface area contributed by atoms with Crippen molar-refractivity contribution in [2.45, 2.75) is 13.8 Å². The van der Waals surface area contributed by atoms with E-state index in [1.807, 2.05) is 24.3 Å². The lowest BCUT2D eigenvalue weighted by Crippen LogP contribution is -2.21. The minimum atomic E-state index is -0.294. The maximum atomic E-state index is 11.4. The summed E-state index contributed by atoms with van der Waals surface area (Å²) in [4.78, 5) is 18.0. The third-order valence-electron chi connectivity index (χ3n) is 3.25. The first-order valence-corrected chi connectivity index (χ1v) is 7.54. The summed E-state index contributed by atoms with van der Waals surface area (Å²) in [7, 11) is 0. The molecule has 0 heterocycles. The number of rotatable bonds is 4. The summed E-state index contributed by atoms with van der Waals surface area (Å²) in [5, 5.41) is 0.203. The van der Waals surface area contributed by atoms with Gasteiger partial charge in [0.25, 0.3) is 0 Å². The third-order valence-corrected chi connectivity index (χ3v) is 4.11. The molecule has 0 aliphatic heterocycles. The minimum Gasteiger partial charge on any atom is -0.372 e. The zero-order chi connectivity index (χ0) is 15.4. The second kappa shape index (κ2) is 6.92. The van der Waals surface area contributed by atoms with Gasteiger partial charge in [0.2, 0.25) is 0 Å². The van der Waals surface area contributed by atoms with Gasteiger partial charge in [0.05, 0.1) is 16.4 Å². The van der Waals surface area contributed by atoms with Gasteiger partial charge in [-0.2, -0.15) is 0 Å². The van der Waals surface area contributed by atoms with Gasteiger partial charge >= 0.3 is 0 Å². The summed E-state index contributed by atoms with van der Waals surface area (Å²) >= 11 is 11.9. The van der Waals surface area contributed by atoms with Crippen LogP contribution in [0.4, 0.5) is 11.4 Å². The van der Waals surface area contributed by atoms with Crippen molar-refractivity contribution in [1.29, 1.82) is 0 Å². The molecule has 5 heteroatoms. The molecule has 1 aromatic carbocycles. The fraction of sp³-hybridized carbons (Fsp3) is 0.250. The molecule has 2 rings (SSSR count). The van der Waals surface area contributed by atoms with E-state index in [0.717, 1.165) is 24.5 Å². The summed E-state index contributed by atoms with van der Waals surface area (Å²) < 4.78 is 0. The highest BCUT2D eigenvalue weighted by molar-refractivity contribution is 6.58. The number of carbonyl (C=O) groups excluding carboxylic acids is 1. The normalized spacial score (nSPS) is 16.8. The largest absolute Gasteiger partial charge is 0.372 e. The predicted octanol–water partition coefficient (Wildman–Crippen LogP) is 4.43. The van der Waals surface area contributed by atoms with E-state index in [1.54, 1.807) is 6.08 Å². The number of carbonyl (C=O) groups is 1. The average Bonchev–Trinajstić information content (AvgIpc) is 2.51. The average molecular weight is 323 g/mol. The molecular formula is C16H16Cl2N2O. The molecule has 0 fully saturated rings. The first-order valence-electron chi connectivity index (χ1n) is 6.78. The summed E-state index contributed by atoms with van der Waals surface area (Å²) in [5.74, 6) is -0.294. The Morgan fingerprint density at radius 2 is 1.62 bits per heavy atom. The highest BCUT2D eigenvalue weighted by atomic mass is 35.5. The van der Waals surface area contributed by atoms with Crippen LogP contribution in [0.15, 0.2) is 51.5 Å². The minimum absolute atomic E-state index is 0.0117. The number of halogens is 2. The van der Waals surface area contributed by atoms with Crippen LogP contribution in [0, 0.1) is 0 Å². The van der Waals surface area contributed by atoms with Crippen LogP contribution in [0.25, 0.3) is 0 Å². The highest BCUT2D eigenvalue weighted by Gasteiger charge is 2.17. The molecule has 1 aromatic rings. The number of benzene rings is 1. The van der Waals surface area contributed by atoms with E-state index < -0.39 is 0 Å². The molecule has 0 atom stereocenters. The predicted molar refractivity (Wildman–Crippen MR) is 90.0 cm³/mol. The van der Waals surface area contributed by atoms with Gasteiger partial charge in [-0.25, -0.2) is 4.99 Å². The van der Waals surface area contributed by atoms with Crippen LogP contribution >= 0.6 is 23.2 Å². The molecule has 21 heavy (non-hydrogen) atoms. The molecule has 0 unspecified atom stereocenters. The van der Waals surface area contributed by atoms with Crippen molar-refractivity contribution in [2.24, 2.45) is 4.99 Å². The van der Waals surface area contributed by atoms with E-state index in [9.17, 15) is 4.79 Å². The van der Waals surface area contributed by atoms with Crippen LogP contribution < -0.4 is 4.90 Å². The molecule has 0 saturated heterocycles. The lowest BCUT2D eigenvalue weighted by atomic mass is 10.1. The van der Waals surface area contributed by atoms with Gasteiger partial charge in [-0.05, 0) is 50.3 Å². The SMILES string of the molecule is CCN(CC)c1ccc(N=C2C=CC(=O)C(Cl)=C2Cl)cc1. The van der Waals surface area contributed by atoms with Crippen molar-refractivity contribution in [3.05, 3.63) is 46.5 Å². The fourth-order valence-electron chi connectivity index (χ4n) is 2.07. The molecule has 0 bridgehead atoms. The Hall–Kier alpha value is -1.58. The van der Waals surface area contributed by atoms with Crippen molar-refractivity contribution in [2.75, 3.05) is 18.0 Å². The van der Waals surface area contributed by atoms with Gasteiger partial charge in [-0.1, -0.05) is 23.2 Å². The Morgan fingerprint density at radius 1 is 1.00 bits per heavy atom. The first kappa shape index (κ1) is 15.8. The quantitative estimate of drug-likeness (QED) is 0.768. The third kappa shape index (κ3) is 3.55. The summed E-state index contributed by atoms with van der Waals surface area (Å²) in [5.41, 5.74) is 2.41. The maximum absolute atomic E-state index is 11.4. The maximum Gasteiger partial charge on any atom is 0.198 e. The Morgan fingerprint density at radius 3 is 2.19 bits per heavy atom. The molecule has 1 aliphatic carbocycles.